The number of hydrogen-bond donors (Lipinski definition) is 0. The van der Waals surface area contributed by atoms with E-state index in [0.717, 1.165) is 12.8 Å². The van der Waals surface area contributed by atoms with Crippen LogP contribution in [0.15, 0.2) is 35.5 Å². The van der Waals surface area contributed by atoms with Crippen LogP contribution < -0.4 is 0 Å². The summed E-state index contributed by atoms with van der Waals surface area (Å²) in [4.78, 5) is 0. The third-order valence-electron chi connectivity index (χ3n) is 1.73. The Kier molecular flexibility index (Phi) is 23.6. The van der Waals surface area contributed by atoms with E-state index in [1.165, 1.54) is 11.1 Å². The molecule has 0 spiro atoms. The van der Waals surface area contributed by atoms with Gasteiger partial charge in [-0.15, -0.1) is 12.8 Å². The summed E-state index contributed by atoms with van der Waals surface area (Å²) in [6.07, 6.45) is 16.7. The van der Waals surface area contributed by atoms with Gasteiger partial charge in [0.2, 0.25) is 0 Å². The molecule has 0 amide bonds. The Morgan fingerprint density at radius 1 is 0.824 bits per heavy atom. The smallest absolute Gasteiger partial charge is 0.346 e. The molecule has 92 valence electrons. The normalized spacial score (nSPS) is 13.8. The Balaban J connectivity index is -0.000000171. The minimum atomic E-state index is 0. The molecule has 1 heteroatoms. The molecule has 0 saturated carbocycles. The van der Waals surface area contributed by atoms with Gasteiger partial charge in [-0.25, -0.2) is 23.3 Å². The van der Waals surface area contributed by atoms with Crippen molar-refractivity contribution in [1.82, 2.24) is 0 Å². The summed E-state index contributed by atoms with van der Waals surface area (Å²) in [6, 6.07) is 0. The van der Waals surface area contributed by atoms with E-state index in [2.05, 4.69) is 64.2 Å². The van der Waals surface area contributed by atoms with Gasteiger partial charge in [0.15, 0.2) is 0 Å². The molecule has 0 radical (unpaired) electrons. The first kappa shape index (κ1) is 22.1. The van der Waals surface area contributed by atoms with Crippen LogP contribution in [0.1, 0.15) is 40.5 Å². The summed E-state index contributed by atoms with van der Waals surface area (Å²) >= 11 is 0. The van der Waals surface area contributed by atoms with Crippen LogP contribution in [0.25, 0.3) is 0 Å². The van der Waals surface area contributed by atoms with Crippen molar-refractivity contribution in [1.29, 1.82) is 0 Å². The molecule has 0 unspecified atom stereocenters. The maximum Gasteiger partial charge on any atom is 4.00 e. The van der Waals surface area contributed by atoms with Crippen molar-refractivity contribution in [3.63, 3.8) is 0 Å². The molecule has 0 saturated heterocycles. The summed E-state index contributed by atoms with van der Waals surface area (Å²) in [5.74, 6) is 0. The van der Waals surface area contributed by atoms with Gasteiger partial charge < -0.3 is 13.8 Å². The second kappa shape index (κ2) is 18.2. The second-order valence-electron chi connectivity index (χ2n) is 2.93. The molecule has 0 N–H and O–H groups in total. The Labute approximate surface area is 128 Å². The molecule has 0 aromatic rings. The number of rotatable bonds is 0. The molecule has 0 bridgehead atoms. The maximum absolute atomic E-state index is 3.25. The maximum atomic E-state index is 3.25. The molecule has 0 heterocycles. The molecule has 0 nitrogen and oxygen atoms in total. The first-order valence-corrected chi connectivity index (χ1v) is 5.68. The average molecular weight is 308 g/mol. The van der Waals surface area contributed by atoms with E-state index in [1.54, 1.807) is 13.8 Å². The zero-order valence-electron chi connectivity index (χ0n) is 11.6. The third kappa shape index (κ3) is 15.8. The third-order valence-corrected chi connectivity index (χ3v) is 1.73. The Hall–Kier alpha value is -0.157. The standard InChI is InChI=1S/2C6H7.2C2H5.Zr/c2*1-6-4-2-3-5-6;2*1-2;/h2*2,4H,3H2,1H3;2*1H2,2H3;/q4*-1;+4. The van der Waals surface area contributed by atoms with E-state index in [9.17, 15) is 0 Å². The van der Waals surface area contributed by atoms with E-state index in [-0.39, 0.29) is 26.2 Å². The van der Waals surface area contributed by atoms with Gasteiger partial charge in [-0.2, -0.15) is 26.0 Å². The van der Waals surface area contributed by atoms with Crippen LogP contribution in [0.3, 0.4) is 0 Å². The van der Waals surface area contributed by atoms with E-state index in [1.807, 2.05) is 0 Å². The number of hydrogen-bond acceptors (Lipinski definition) is 0. The van der Waals surface area contributed by atoms with Gasteiger partial charge >= 0.3 is 26.2 Å². The van der Waals surface area contributed by atoms with Crippen LogP contribution in [-0.4, -0.2) is 0 Å². The molecule has 2 aliphatic carbocycles. The van der Waals surface area contributed by atoms with Crippen molar-refractivity contribution in [3.05, 3.63) is 61.4 Å². The van der Waals surface area contributed by atoms with Crippen molar-refractivity contribution in [3.8, 4) is 0 Å². The molecule has 0 aliphatic heterocycles. The van der Waals surface area contributed by atoms with Gasteiger partial charge in [-0.1, -0.05) is 13.8 Å². The summed E-state index contributed by atoms with van der Waals surface area (Å²) in [5, 5.41) is 0. The predicted octanol–water partition coefficient (Wildman–Crippen LogP) is 5.07. The molecule has 2 aliphatic rings. The molecule has 0 fully saturated rings. The molecule has 0 atom stereocenters. The van der Waals surface area contributed by atoms with Gasteiger partial charge in [0.1, 0.15) is 0 Å². The van der Waals surface area contributed by atoms with E-state index < -0.39 is 0 Å². The van der Waals surface area contributed by atoms with Gasteiger partial charge in [0, 0.05) is 0 Å². The van der Waals surface area contributed by atoms with Crippen molar-refractivity contribution >= 4 is 0 Å². The van der Waals surface area contributed by atoms with Crippen molar-refractivity contribution < 1.29 is 26.2 Å². The summed E-state index contributed by atoms with van der Waals surface area (Å²) < 4.78 is 0. The fraction of sp³-hybridized carbons (Fsp3) is 0.375. The SMILES string of the molecule is CC1=[C-]CC=C1.CC1=[C-]CC=C1.[CH2-]C.[CH2-]C.[Zr+4]. The molecule has 2 rings (SSSR count). The minimum Gasteiger partial charge on any atom is -0.346 e. The minimum absolute atomic E-state index is 0. The van der Waals surface area contributed by atoms with Gasteiger partial charge in [0.05, 0.1) is 0 Å². The van der Waals surface area contributed by atoms with Crippen LogP contribution >= 0.6 is 0 Å². The summed E-state index contributed by atoms with van der Waals surface area (Å²) in [6.45, 7) is 14.1. The molecular formula is C16H24Zr. The fourth-order valence-electron chi connectivity index (χ4n) is 1.03. The second-order valence-corrected chi connectivity index (χ2v) is 2.93. The predicted molar refractivity (Wildman–Crippen MR) is 74.4 cm³/mol. The largest absolute Gasteiger partial charge is 4.00 e. The monoisotopic (exact) mass is 306 g/mol. The Morgan fingerprint density at radius 2 is 1.12 bits per heavy atom. The molecule has 17 heavy (non-hydrogen) atoms. The topological polar surface area (TPSA) is 0 Å². The first-order valence-electron chi connectivity index (χ1n) is 5.68. The van der Waals surface area contributed by atoms with Crippen molar-refractivity contribution in [2.75, 3.05) is 0 Å². The van der Waals surface area contributed by atoms with E-state index in [0.29, 0.717) is 0 Å². The van der Waals surface area contributed by atoms with Crippen LogP contribution in [0.5, 0.6) is 0 Å². The average Bonchev–Trinajstić information content (AvgIpc) is 2.98. The van der Waals surface area contributed by atoms with Crippen LogP contribution in [0.4, 0.5) is 0 Å². The van der Waals surface area contributed by atoms with Crippen LogP contribution in [-0.2, 0) is 26.2 Å². The van der Waals surface area contributed by atoms with E-state index in [4.69, 9.17) is 0 Å². The van der Waals surface area contributed by atoms with Crippen molar-refractivity contribution in [2.45, 2.75) is 40.5 Å². The first-order chi connectivity index (χ1) is 7.79. The van der Waals surface area contributed by atoms with Gasteiger partial charge in [-0.05, 0) is 0 Å². The van der Waals surface area contributed by atoms with Gasteiger partial charge in [0.25, 0.3) is 0 Å². The van der Waals surface area contributed by atoms with Crippen LogP contribution in [0.2, 0.25) is 0 Å². The Morgan fingerprint density at radius 3 is 1.18 bits per heavy atom. The van der Waals surface area contributed by atoms with Crippen molar-refractivity contribution in [2.24, 2.45) is 0 Å². The molecule has 0 aromatic carbocycles. The zero-order valence-corrected chi connectivity index (χ0v) is 14.1. The van der Waals surface area contributed by atoms with Crippen LogP contribution in [0, 0.1) is 26.0 Å². The summed E-state index contributed by atoms with van der Waals surface area (Å²) in [7, 11) is 0. The quantitative estimate of drug-likeness (QED) is 0.548. The fourth-order valence-corrected chi connectivity index (χ4v) is 1.03. The molecular weight excluding hydrogens is 283 g/mol. The zero-order chi connectivity index (χ0) is 12.8. The Bertz CT molecular complexity index is 221. The number of allylic oxidation sites excluding steroid dienone is 8. The van der Waals surface area contributed by atoms with E-state index >= 15 is 0 Å². The summed E-state index contributed by atoms with van der Waals surface area (Å²) in [5.41, 5.74) is 2.55. The molecule has 0 aromatic heterocycles. The van der Waals surface area contributed by atoms with Gasteiger partial charge in [-0.3, -0.25) is 12.2 Å².